The molecule has 0 radical (unpaired) electrons. The van der Waals surface area contributed by atoms with Crippen LogP contribution < -0.4 is 0 Å². The molecule has 1 fully saturated rings. The molecule has 4 heteroatoms. The van der Waals surface area contributed by atoms with E-state index in [2.05, 4.69) is 38.8 Å². The summed E-state index contributed by atoms with van der Waals surface area (Å²) >= 11 is 1.83. The highest BCUT2D eigenvalue weighted by Crippen LogP contribution is 2.32. The number of nitrogens with zero attached hydrogens (tertiary/aromatic N) is 1. The molecule has 0 aromatic carbocycles. The Morgan fingerprint density at radius 2 is 2.00 bits per heavy atom. The first-order valence-corrected chi connectivity index (χ1v) is 8.80. The maximum atomic E-state index is 11.7. The molecule has 1 unspecified atom stereocenters. The molecule has 0 aromatic heterocycles. The molecule has 0 bridgehead atoms. The van der Waals surface area contributed by atoms with Gasteiger partial charge in [-0.15, -0.1) is 11.8 Å². The molecule has 0 N–H and O–H groups in total. The zero-order valence-electron chi connectivity index (χ0n) is 9.13. The molecule has 1 rings (SSSR count). The number of hydrogen-bond donors (Lipinski definition) is 0. The molecule has 1 atom stereocenters. The average molecular weight is 217 g/mol. The van der Waals surface area contributed by atoms with Gasteiger partial charge in [0.1, 0.15) is 0 Å². The van der Waals surface area contributed by atoms with E-state index in [4.69, 9.17) is 0 Å². The average Bonchev–Trinajstić information content (AvgIpc) is 2.28. The topological polar surface area (TPSA) is 20.3 Å². The van der Waals surface area contributed by atoms with Crippen LogP contribution in [0.15, 0.2) is 0 Å². The SMILES string of the molecule is C[SiH](C)C1SCC(=O)N1C(C)(C)C. The maximum Gasteiger partial charge on any atom is 0.233 e. The summed E-state index contributed by atoms with van der Waals surface area (Å²) in [4.78, 5) is 14.3. The van der Waals surface area contributed by atoms with Gasteiger partial charge in [0, 0.05) is 5.54 Å². The van der Waals surface area contributed by atoms with Crippen LogP contribution in [-0.4, -0.2) is 35.9 Å². The predicted molar refractivity (Wildman–Crippen MR) is 61.7 cm³/mol. The fourth-order valence-corrected chi connectivity index (χ4v) is 5.76. The minimum atomic E-state index is -0.751. The van der Waals surface area contributed by atoms with E-state index < -0.39 is 8.80 Å². The Kier molecular flexibility index (Phi) is 3.12. The van der Waals surface area contributed by atoms with Crippen molar-refractivity contribution in [3.63, 3.8) is 0 Å². The van der Waals surface area contributed by atoms with Crippen molar-refractivity contribution in [2.75, 3.05) is 5.75 Å². The van der Waals surface area contributed by atoms with Gasteiger partial charge in [0.2, 0.25) is 5.91 Å². The molecule has 76 valence electrons. The van der Waals surface area contributed by atoms with Crippen molar-refractivity contribution in [2.24, 2.45) is 0 Å². The van der Waals surface area contributed by atoms with Crippen LogP contribution in [0.4, 0.5) is 0 Å². The Hall–Kier alpha value is 0.0369. The summed E-state index contributed by atoms with van der Waals surface area (Å²) < 4.78 is 0. The van der Waals surface area contributed by atoms with Crippen molar-refractivity contribution >= 4 is 26.5 Å². The fraction of sp³-hybridized carbons (Fsp3) is 0.889. The van der Waals surface area contributed by atoms with Gasteiger partial charge in [-0.1, -0.05) is 13.1 Å². The van der Waals surface area contributed by atoms with Gasteiger partial charge in [-0.3, -0.25) is 4.79 Å². The Labute approximate surface area is 86.7 Å². The lowest BCUT2D eigenvalue weighted by Gasteiger charge is -2.38. The van der Waals surface area contributed by atoms with Gasteiger partial charge in [-0.05, 0) is 20.8 Å². The van der Waals surface area contributed by atoms with E-state index in [0.717, 1.165) is 0 Å². The minimum Gasteiger partial charge on any atom is -0.328 e. The van der Waals surface area contributed by atoms with Crippen LogP contribution in [0.2, 0.25) is 13.1 Å². The summed E-state index contributed by atoms with van der Waals surface area (Å²) in [5, 5.41) is 0. The first kappa shape index (κ1) is 11.1. The standard InChI is InChI=1S/C9H19NOSSi/c1-9(2,3)10-7(11)6-12-8(10)13(4)5/h8,13H,6H2,1-5H3. The fourth-order valence-electron chi connectivity index (χ4n) is 1.69. The van der Waals surface area contributed by atoms with Crippen molar-refractivity contribution in [3.05, 3.63) is 0 Å². The van der Waals surface area contributed by atoms with Crippen LogP contribution in [-0.2, 0) is 4.79 Å². The monoisotopic (exact) mass is 217 g/mol. The molecule has 1 saturated heterocycles. The largest absolute Gasteiger partial charge is 0.328 e. The van der Waals surface area contributed by atoms with Gasteiger partial charge >= 0.3 is 0 Å². The van der Waals surface area contributed by atoms with E-state index in [1.807, 2.05) is 11.8 Å². The van der Waals surface area contributed by atoms with Crippen molar-refractivity contribution < 1.29 is 4.79 Å². The molecular weight excluding hydrogens is 198 g/mol. The third kappa shape index (κ3) is 2.28. The first-order chi connectivity index (χ1) is 5.84. The number of amides is 1. The molecule has 1 heterocycles. The maximum absolute atomic E-state index is 11.7. The molecule has 0 aliphatic carbocycles. The number of carbonyl (C=O) groups is 1. The normalized spacial score (nSPS) is 24.6. The Morgan fingerprint density at radius 1 is 1.46 bits per heavy atom. The molecule has 0 saturated carbocycles. The van der Waals surface area contributed by atoms with Crippen LogP contribution in [0.1, 0.15) is 20.8 Å². The number of thioether (sulfide) groups is 1. The summed E-state index contributed by atoms with van der Waals surface area (Å²) in [6, 6.07) is 0. The minimum absolute atomic E-state index is 0.00250. The summed E-state index contributed by atoms with van der Waals surface area (Å²) in [5.41, 5.74) is 0.00250. The van der Waals surface area contributed by atoms with E-state index >= 15 is 0 Å². The summed E-state index contributed by atoms with van der Waals surface area (Å²) in [5.74, 6) is 1.01. The highest BCUT2D eigenvalue weighted by molar-refractivity contribution is 8.02. The van der Waals surface area contributed by atoms with E-state index in [0.29, 0.717) is 16.7 Å². The van der Waals surface area contributed by atoms with Gasteiger partial charge in [-0.2, -0.15) is 0 Å². The Balaban J connectivity index is 2.84. The van der Waals surface area contributed by atoms with E-state index in [-0.39, 0.29) is 5.54 Å². The first-order valence-electron chi connectivity index (χ1n) is 4.78. The van der Waals surface area contributed by atoms with E-state index in [1.54, 1.807) is 0 Å². The number of hydrogen-bond acceptors (Lipinski definition) is 2. The molecule has 0 spiro atoms. The molecule has 1 amide bonds. The molecule has 1 aliphatic heterocycles. The molecule has 13 heavy (non-hydrogen) atoms. The van der Waals surface area contributed by atoms with Crippen molar-refractivity contribution in [2.45, 2.75) is 44.4 Å². The van der Waals surface area contributed by atoms with Gasteiger partial charge in [0.05, 0.1) is 19.5 Å². The third-order valence-electron chi connectivity index (χ3n) is 2.19. The second-order valence-corrected chi connectivity index (χ2v) is 9.59. The number of carbonyl (C=O) groups excluding carboxylic acids is 1. The van der Waals surface area contributed by atoms with Crippen molar-refractivity contribution in [3.8, 4) is 0 Å². The number of rotatable bonds is 1. The van der Waals surface area contributed by atoms with Gasteiger partial charge in [-0.25, -0.2) is 0 Å². The summed E-state index contributed by atoms with van der Waals surface area (Å²) in [6.07, 6.45) is 0. The quantitative estimate of drug-likeness (QED) is 0.623. The van der Waals surface area contributed by atoms with Crippen LogP contribution in [0.3, 0.4) is 0 Å². The third-order valence-corrected chi connectivity index (χ3v) is 6.81. The van der Waals surface area contributed by atoms with Gasteiger partial charge in [0.15, 0.2) is 0 Å². The zero-order valence-corrected chi connectivity index (χ0v) is 11.1. The van der Waals surface area contributed by atoms with E-state index in [9.17, 15) is 4.79 Å². The summed E-state index contributed by atoms with van der Waals surface area (Å²) in [6.45, 7) is 11.0. The molecule has 2 nitrogen and oxygen atoms in total. The van der Waals surface area contributed by atoms with Crippen LogP contribution in [0, 0.1) is 0 Å². The Bertz CT molecular complexity index is 212. The van der Waals surface area contributed by atoms with Gasteiger partial charge in [0.25, 0.3) is 0 Å². The van der Waals surface area contributed by atoms with Crippen LogP contribution in [0.5, 0.6) is 0 Å². The Morgan fingerprint density at radius 3 is 2.31 bits per heavy atom. The van der Waals surface area contributed by atoms with Crippen LogP contribution in [0.25, 0.3) is 0 Å². The second kappa shape index (κ2) is 3.65. The molecule has 0 aromatic rings. The van der Waals surface area contributed by atoms with Crippen molar-refractivity contribution in [1.82, 2.24) is 4.90 Å². The van der Waals surface area contributed by atoms with Gasteiger partial charge < -0.3 is 4.90 Å². The highest BCUT2D eigenvalue weighted by Gasteiger charge is 2.40. The van der Waals surface area contributed by atoms with Crippen molar-refractivity contribution in [1.29, 1.82) is 0 Å². The smallest absolute Gasteiger partial charge is 0.233 e. The lowest BCUT2D eigenvalue weighted by atomic mass is 10.1. The molecule has 1 aliphatic rings. The van der Waals surface area contributed by atoms with E-state index in [1.165, 1.54) is 0 Å². The lowest BCUT2D eigenvalue weighted by Crippen LogP contribution is -2.50. The zero-order chi connectivity index (χ0) is 10.2. The lowest BCUT2D eigenvalue weighted by molar-refractivity contribution is -0.131. The summed E-state index contributed by atoms with van der Waals surface area (Å²) in [7, 11) is -0.751. The highest BCUT2D eigenvalue weighted by atomic mass is 32.2. The predicted octanol–water partition coefficient (Wildman–Crippen LogP) is 1.71. The molecular formula is C9H19NOSSi. The second-order valence-electron chi connectivity index (χ2n) is 4.88. The van der Waals surface area contributed by atoms with Crippen LogP contribution >= 0.6 is 11.8 Å².